The first-order chi connectivity index (χ1) is 8.29. The molecule has 1 aliphatic heterocycles. The molecule has 0 amide bonds. The highest BCUT2D eigenvalue weighted by Gasteiger charge is 2.11. The molecule has 0 aromatic heterocycles. The standard InChI is InChI=1S/C13H16FN3/c14-13-3-2-11(12(8-13)9-15)10-17-6-1-4-16-5-7-17/h2-3,8,16H,1,4-7,10H2. The van der Waals surface area contributed by atoms with E-state index in [4.69, 9.17) is 5.26 Å². The second kappa shape index (κ2) is 5.76. The highest BCUT2D eigenvalue weighted by molar-refractivity contribution is 5.37. The molecule has 0 unspecified atom stereocenters. The Labute approximate surface area is 101 Å². The molecule has 0 spiro atoms. The number of nitrogens with one attached hydrogen (secondary N) is 1. The van der Waals surface area contributed by atoms with Crippen molar-refractivity contribution in [1.29, 1.82) is 5.26 Å². The Balaban J connectivity index is 2.09. The summed E-state index contributed by atoms with van der Waals surface area (Å²) in [7, 11) is 0. The van der Waals surface area contributed by atoms with E-state index in [1.807, 2.05) is 0 Å². The summed E-state index contributed by atoms with van der Waals surface area (Å²) in [4.78, 5) is 2.30. The second-order valence-electron chi connectivity index (χ2n) is 4.29. The van der Waals surface area contributed by atoms with E-state index in [1.165, 1.54) is 12.1 Å². The fourth-order valence-corrected chi connectivity index (χ4v) is 2.09. The number of benzene rings is 1. The minimum absolute atomic E-state index is 0.345. The lowest BCUT2D eigenvalue weighted by Crippen LogP contribution is -2.28. The highest BCUT2D eigenvalue weighted by Crippen LogP contribution is 2.13. The summed E-state index contributed by atoms with van der Waals surface area (Å²) in [5.74, 6) is -0.345. The molecule has 1 saturated heterocycles. The number of hydrogen-bond acceptors (Lipinski definition) is 3. The molecular weight excluding hydrogens is 217 g/mol. The van der Waals surface area contributed by atoms with Crippen molar-refractivity contribution in [3.05, 3.63) is 35.1 Å². The Morgan fingerprint density at radius 1 is 1.35 bits per heavy atom. The van der Waals surface area contributed by atoms with Gasteiger partial charge in [-0.25, -0.2) is 4.39 Å². The van der Waals surface area contributed by atoms with Crippen molar-refractivity contribution in [2.45, 2.75) is 13.0 Å². The molecule has 0 aliphatic carbocycles. The summed E-state index contributed by atoms with van der Waals surface area (Å²) in [6.07, 6.45) is 1.11. The Morgan fingerprint density at radius 2 is 2.24 bits per heavy atom. The van der Waals surface area contributed by atoms with E-state index in [0.717, 1.165) is 44.7 Å². The second-order valence-corrected chi connectivity index (χ2v) is 4.29. The first-order valence-corrected chi connectivity index (χ1v) is 5.91. The summed E-state index contributed by atoms with van der Waals surface area (Å²) >= 11 is 0. The average molecular weight is 233 g/mol. The summed E-state index contributed by atoms with van der Waals surface area (Å²) in [5, 5.41) is 12.3. The van der Waals surface area contributed by atoms with Crippen LogP contribution >= 0.6 is 0 Å². The smallest absolute Gasteiger partial charge is 0.124 e. The fourth-order valence-electron chi connectivity index (χ4n) is 2.09. The molecule has 4 heteroatoms. The summed E-state index contributed by atoms with van der Waals surface area (Å²) < 4.78 is 13.0. The molecule has 0 atom stereocenters. The third-order valence-corrected chi connectivity index (χ3v) is 3.02. The van der Waals surface area contributed by atoms with E-state index in [-0.39, 0.29) is 5.82 Å². The van der Waals surface area contributed by atoms with Gasteiger partial charge in [-0.15, -0.1) is 0 Å². The van der Waals surface area contributed by atoms with Crippen LogP contribution in [0.5, 0.6) is 0 Å². The van der Waals surface area contributed by atoms with Crippen LogP contribution in [0.2, 0.25) is 0 Å². The van der Waals surface area contributed by atoms with Crippen LogP contribution < -0.4 is 5.32 Å². The van der Waals surface area contributed by atoms with Crippen LogP contribution in [-0.2, 0) is 6.54 Å². The molecule has 1 N–H and O–H groups in total. The summed E-state index contributed by atoms with van der Waals surface area (Å²) in [6, 6.07) is 6.51. The third-order valence-electron chi connectivity index (χ3n) is 3.02. The van der Waals surface area contributed by atoms with Crippen molar-refractivity contribution >= 4 is 0 Å². The maximum Gasteiger partial charge on any atom is 0.124 e. The Kier molecular flexibility index (Phi) is 4.08. The normalized spacial score (nSPS) is 17.4. The van der Waals surface area contributed by atoms with Crippen LogP contribution in [0, 0.1) is 17.1 Å². The average Bonchev–Trinajstić information content (AvgIpc) is 2.60. The Bertz CT molecular complexity index is 417. The van der Waals surface area contributed by atoms with Crippen LogP contribution in [0.4, 0.5) is 4.39 Å². The van der Waals surface area contributed by atoms with E-state index in [2.05, 4.69) is 16.3 Å². The zero-order valence-corrected chi connectivity index (χ0v) is 9.75. The van der Waals surface area contributed by atoms with Crippen molar-refractivity contribution in [3.63, 3.8) is 0 Å². The van der Waals surface area contributed by atoms with Gasteiger partial charge in [-0.1, -0.05) is 6.07 Å². The van der Waals surface area contributed by atoms with Crippen molar-refractivity contribution in [3.8, 4) is 6.07 Å². The molecule has 0 radical (unpaired) electrons. The molecule has 1 heterocycles. The molecule has 1 aliphatic rings. The van der Waals surface area contributed by atoms with Crippen LogP contribution in [0.15, 0.2) is 18.2 Å². The van der Waals surface area contributed by atoms with E-state index < -0.39 is 0 Å². The molecule has 90 valence electrons. The summed E-state index contributed by atoms with van der Waals surface area (Å²) in [5.41, 5.74) is 1.36. The van der Waals surface area contributed by atoms with E-state index in [1.54, 1.807) is 6.07 Å². The maximum absolute atomic E-state index is 13.0. The van der Waals surface area contributed by atoms with Gasteiger partial charge in [-0.2, -0.15) is 5.26 Å². The molecule has 0 saturated carbocycles. The van der Waals surface area contributed by atoms with Crippen LogP contribution in [-0.4, -0.2) is 31.1 Å². The summed E-state index contributed by atoms with van der Waals surface area (Å²) in [6.45, 7) is 4.75. The van der Waals surface area contributed by atoms with Gasteiger partial charge < -0.3 is 5.32 Å². The van der Waals surface area contributed by atoms with Gasteiger partial charge in [-0.3, -0.25) is 4.90 Å². The largest absolute Gasteiger partial charge is 0.315 e. The Morgan fingerprint density at radius 3 is 3.06 bits per heavy atom. The minimum atomic E-state index is -0.345. The van der Waals surface area contributed by atoms with Crippen molar-refractivity contribution in [1.82, 2.24) is 10.2 Å². The van der Waals surface area contributed by atoms with Gasteiger partial charge in [0.25, 0.3) is 0 Å². The quantitative estimate of drug-likeness (QED) is 0.841. The van der Waals surface area contributed by atoms with Gasteiger partial charge >= 0.3 is 0 Å². The monoisotopic (exact) mass is 233 g/mol. The zero-order valence-electron chi connectivity index (χ0n) is 9.75. The van der Waals surface area contributed by atoms with Crippen LogP contribution in [0.3, 0.4) is 0 Å². The first-order valence-electron chi connectivity index (χ1n) is 5.91. The van der Waals surface area contributed by atoms with Crippen LogP contribution in [0.25, 0.3) is 0 Å². The number of nitrogens with zero attached hydrogens (tertiary/aromatic N) is 2. The molecular formula is C13H16FN3. The number of halogens is 1. The molecule has 1 aromatic carbocycles. The topological polar surface area (TPSA) is 39.1 Å². The lowest BCUT2D eigenvalue weighted by molar-refractivity contribution is 0.284. The molecule has 2 rings (SSSR count). The Hall–Kier alpha value is -1.44. The minimum Gasteiger partial charge on any atom is -0.315 e. The van der Waals surface area contributed by atoms with Gasteiger partial charge in [0.05, 0.1) is 11.6 Å². The van der Waals surface area contributed by atoms with Gasteiger partial charge in [0.2, 0.25) is 0 Å². The van der Waals surface area contributed by atoms with Crippen molar-refractivity contribution in [2.75, 3.05) is 26.2 Å². The number of rotatable bonds is 2. The maximum atomic E-state index is 13.0. The molecule has 1 fully saturated rings. The lowest BCUT2D eigenvalue weighted by Gasteiger charge is -2.19. The highest BCUT2D eigenvalue weighted by atomic mass is 19.1. The van der Waals surface area contributed by atoms with Gasteiger partial charge in [0.15, 0.2) is 0 Å². The van der Waals surface area contributed by atoms with E-state index in [0.29, 0.717) is 5.56 Å². The van der Waals surface area contributed by atoms with E-state index >= 15 is 0 Å². The van der Waals surface area contributed by atoms with Crippen molar-refractivity contribution < 1.29 is 4.39 Å². The van der Waals surface area contributed by atoms with E-state index in [9.17, 15) is 4.39 Å². The van der Waals surface area contributed by atoms with Gasteiger partial charge in [-0.05, 0) is 37.2 Å². The lowest BCUT2D eigenvalue weighted by atomic mass is 10.1. The molecule has 17 heavy (non-hydrogen) atoms. The number of nitriles is 1. The fraction of sp³-hybridized carbons (Fsp3) is 0.462. The molecule has 1 aromatic rings. The van der Waals surface area contributed by atoms with Crippen molar-refractivity contribution in [2.24, 2.45) is 0 Å². The predicted octanol–water partition coefficient (Wildman–Crippen LogP) is 1.49. The SMILES string of the molecule is N#Cc1cc(F)ccc1CN1CCCNCC1. The van der Waals surface area contributed by atoms with Crippen LogP contribution in [0.1, 0.15) is 17.5 Å². The number of hydrogen-bond donors (Lipinski definition) is 1. The van der Waals surface area contributed by atoms with Gasteiger partial charge in [0.1, 0.15) is 5.82 Å². The molecule has 3 nitrogen and oxygen atoms in total. The third kappa shape index (κ3) is 3.26. The zero-order chi connectivity index (χ0) is 12.1. The first kappa shape index (κ1) is 12.0. The van der Waals surface area contributed by atoms with Gasteiger partial charge in [0, 0.05) is 19.6 Å². The molecule has 0 bridgehead atoms. The predicted molar refractivity (Wildman–Crippen MR) is 63.9 cm³/mol.